The lowest BCUT2D eigenvalue weighted by atomic mass is 10.0. The van der Waals surface area contributed by atoms with E-state index >= 15 is 0 Å². The van der Waals surface area contributed by atoms with E-state index in [0.29, 0.717) is 13.0 Å². The summed E-state index contributed by atoms with van der Waals surface area (Å²) in [4.78, 5) is 22.5. The van der Waals surface area contributed by atoms with E-state index in [1.807, 2.05) is 0 Å². The van der Waals surface area contributed by atoms with Gasteiger partial charge in [-0.05, 0) is 44.9 Å². The van der Waals surface area contributed by atoms with Gasteiger partial charge in [0, 0.05) is 19.6 Å². The highest BCUT2D eigenvalue weighted by Crippen LogP contribution is 2.43. The van der Waals surface area contributed by atoms with Crippen molar-refractivity contribution in [1.29, 1.82) is 0 Å². The molecule has 0 aromatic rings. The van der Waals surface area contributed by atoms with Crippen LogP contribution in [0.4, 0.5) is 0 Å². The summed E-state index contributed by atoms with van der Waals surface area (Å²) in [6.07, 6.45) is 46.2. The van der Waals surface area contributed by atoms with Crippen LogP contribution in [0.3, 0.4) is 0 Å². The van der Waals surface area contributed by atoms with E-state index in [1.165, 1.54) is 135 Å². The van der Waals surface area contributed by atoms with Gasteiger partial charge in [-0.25, -0.2) is 4.57 Å². The molecule has 0 aliphatic rings. The number of rotatable bonds is 43. The largest absolute Gasteiger partial charge is 0.472 e. The third-order valence-electron chi connectivity index (χ3n) is 9.62. The first kappa shape index (κ1) is 52.0. The molecule has 2 atom stereocenters. The fourth-order valence-electron chi connectivity index (χ4n) is 6.32. The highest BCUT2D eigenvalue weighted by atomic mass is 31.2. The molecule has 0 aliphatic heterocycles. The molecule has 0 bridgehead atoms. The van der Waals surface area contributed by atoms with Gasteiger partial charge < -0.3 is 20.1 Å². The fraction of sp³-hybridized carbons (Fsp3) is 0.886. The number of phosphoric acid groups is 1. The standard InChI is InChI=1S/C44H86NO7P/c1-3-5-7-9-11-13-15-17-19-21-22-24-26-28-30-32-34-36-39-49-41-43(42-51-53(47,48)50-40-38-45)52-44(46)37-35-33-31-29-27-25-23-20-18-16-14-12-10-8-6-4-2/h14,16,20,23,43H,3-13,15,17-19,21-22,24-42,45H2,1-2H3,(H,47,48)/b16-14-,23-20-. The maximum Gasteiger partial charge on any atom is 0.472 e. The minimum absolute atomic E-state index is 0.0963. The molecule has 314 valence electrons. The Bertz CT molecular complexity index is 869. The van der Waals surface area contributed by atoms with Crippen molar-refractivity contribution in [2.45, 2.75) is 219 Å². The number of hydrogen-bond donors (Lipinski definition) is 2. The van der Waals surface area contributed by atoms with E-state index in [4.69, 9.17) is 24.3 Å². The van der Waals surface area contributed by atoms with Crippen molar-refractivity contribution in [3.8, 4) is 0 Å². The predicted octanol–water partition coefficient (Wildman–Crippen LogP) is 13.3. The van der Waals surface area contributed by atoms with Crippen LogP contribution >= 0.6 is 7.82 Å². The molecular weight excluding hydrogens is 685 g/mol. The quantitative estimate of drug-likeness (QED) is 0.0272. The van der Waals surface area contributed by atoms with Crippen LogP contribution in [-0.4, -0.2) is 49.9 Å². The van der Waals surface area contributed by atoms with Crippen LogP contribution < -0.4 is 5.73 Å². The molecule has 0 aromatic carbocycles. The van der Waals surface area contributed by atoms with Crippen LogP contribution in [0.15, 0.2) is 24.3 Å². The second kappa shape index (κ2) is 42.1. The van der Waals surface area contributed by atoms with Crippen LogP contribution in [-0.2, 0) is 27.9 Å². The van der Waals surface area contributed by atoms with Crippen molar-refractivity contribution in [2.24, 2.45) is 5.73 Å². The number of carbonyl (C=O) groups is 1. The molecule has 0 amide bonds. The van der Waals surface area contributed by atoms with E-state index in [0.717, 1.165) is 57.8 Å². The molecule has 0 radical (unpaired) electrons. The molecule has 53 heavy (non-hydrogen) atoms. The van der Waals surface area contributed by atoms with Crippen LogP contribution in [0, 0.1) is 0 Å². The molecule has 0 fully saturated rings. The van der Waals surface area contributed by atoms with Gasteiger partial charge in [0.1, 0.15) is 6.10 Å². The molecule has 0 heterocycles. The summed E-state index contributed by atoms with van der Waals surface area (Å²) in [6.45, 7) is 4.92. The second-order valence-electron chi connectivity index (χ2n) is 14.9. The molecule has 8 nitrogen and oxygen atoms in total. The van der Waals surface area contributed by atoms with Crippen molar-refractivity contribution in [3.63, 3.8) is 0 Å². The summed E-state index contributed by atoms with van der Waals surface area (Å²) < 4.78 is 33.4. The fourth-order valence-corrected chi connectivity index (χ4v) is 7.09. The Kier molecular flexibility index (Phi) is 41.3. The molecular formula is C44H86NO7P. The lowest BCUT2D eigenvalue weighted by Gasteiger charge is -2.20. The molecule has 0 saturated carbocycles. The number of hydrogen-bond acceptors (Lipinski definition) is 7. The van der Waals surface area contributed by atoms with Gasteiger partial charge in [-0.1, -0.05) is 186 Å². The number of nitrogens with two attached hydrogens (primary N) is 1. The second-order valence-corrected chi connectivity index (χ2v) is 16.4. The Balaban J connectivity index is 4.01. The molecule has 9 heteroatoms. The van der Waals surface area contributed by atoms with Crippen LogP contribution in [0.25, 0.3) is 0 Å². The van der Waals surface area contributed by atoms with Gasteiger partial charge in [-0.15, -0.1) is 0 Å². The third kappa shape index (κ3) is 42.0. The smallest absolute Gasteiger partial charge is 0.457 e. The van der Waals surface area contributed by atoms with E-state index in [2.05, 4.69) is 38.2 Å². The summed E-state index contributed by atoms with van der Waals surface area (Å²) in [5.41, 5.74) is 5.37. The SMILES string of the molecule is CCCCCC/C=C\C/C=C\CCCCCCCC(=O)OC(COCCCCCCCCCCCCCCCCCCCC)COP(=O)(O)OCCN. The van der Waals surface area contributed by atoms with E-state index in [9.17, 15) is 14.3 Å². The van der Waals surface area contributed by atoms with E-state index < -0.39 is 13.9 Å². The minimum atomic E-state index is -4.28. The van der Waals surface area contributed by atoms with Crippen molar-refractivity contribution in [1.82, 2.24) is 0 Å². The zero-order chi connectivity index (χ0) is 38.8. The monoisotopic (exact) mass is 772 g/mol. The maximum atomic E-state index is 12.6. The first-order chi connectivity index (χ1) is 25.9. The summed E-state index contributed by atoms with van der Waals surface area (Å²) in [5, 5.41) is 0. The van der Waals surface area contributed by atoms with Gasteiger partial charge in [0.15, 0.2) is 0 Å². The number of carbonyl (C=O) groups excluding carboxylic acids is 1. The van der Waals surface area contributed by atoms with Crippen LogP contribution in [0.1, 0.15) is 213 Å². The Labute approximate surface area is 327 Å². The van der Waals surface area contributed by atoms with Gasteiger partial charge >= 0.3 is 13.8 Å². The first-order valence-electron chi connectivity index (χ1n) is 22.3. The van der Waals surface area contributed by atoms with Crippen molar-refractivity contribution in [3.05, 3.63) is 24.3 Å². The van der Waals surface area contributed by atoms with Gasteiger partial charge in [-0.3, -0.25) is 13.8 Å². The Morgan fingerprint density at radius 1 is 0.566 bits per heavy atom. The van der Waals surface area contributed by atoms with E-state index in [-0.39, 0.29) is 32.3 Å². The van der Waals surface area contributed by atoms with Gasteiger partial charge in [-0.2, -0.15) is 0 Å². The zero-order valence-corrected chi connectivity index (χ0v) is 35.7. The highest BCUT2D eigenvalue weighted by molar-refractivity contribution is 7.47. The van der Waals surface area contributed by atoms with Gasteiger partial charge in [0.05, 0.1) is 19.8 Å². The normalized spacial score (nSPS) is 13.7. The number of phosphoric ester groups is 1. The number of allylic oxidation sites excluding steroid dienone is 4. The van der Waals surface area contributed by atoms with Crippen LogP contribution in [0.5, 0.6) is 0 Å². The number of esters is 1. The lowest BCUT2D eigenvalue weighted by molar-refractivity contribution is -0.154. The Hall–Kier alpha value is -1.02. The highest BCUT2D eigenvalue weighted by Gasteiger charge is 2.25. The molecule has 2 unspecified atom stereocenters. The molecule has 0 rings (SSSR count). The van der Waals surface area contributed by atoms with Gasteiger partial charge in [0.25, 0.3) is 0 Å². The molecule has 0 aromatic heterocycles. The molecule has 0 saturated heterocycles. The Morgan fingerprint density at radius 2 is 1.00 bits per heavy atom. The molecule has 3 N–H and O–H groups in total. The van der Waals surface area contributed by atoms with Gasteiger partial charge in [0.2, 0.25) is 0 Å². The Morgan fingerprint density at radius 3 is 1.49 bits per heavy atom. The van der Waals surface area contributed by atoms with Crippen LogP contribution in [0.2, 0.25) is 0 Å². The van der Waals surface area contributed by atoms with E-state index in [1.54, 1.807) is 0 Å². The number of ether oxygens (including phenoxy) is 2. The predicted molar refractivity (Wildman–Crippen MR) is 224 cm³/mol. The summed E-state index contributed by atoms with van der Waals surface area (Å²) >= 11 is 0. The van der Waals surface area contributed by atoms with Crippen molar-refractivity contribution >= 4 is 13.8 Å². The summed E-state index contributed by atoms with van der Waals surface area (Å²) in [6, 6.07) is 0. The topological polar surface area (TPSA) is 117 Å². The zero-order valence-electron chi connectivity index (χ0n) is 34.8. The van der Waals surface area contributed by atoms with Crippen molar-refractivity contribution in [2.75, 3.05) is 33.0 Å². The first-order valence-corrected chi connectivity index (χ1v) is 23.8. The van der Waals surface area contributed by atoms with Crippen molar-refractivity contribution < 1.29 is 32.8 Å². The minimum Gasteiger partial charge on any atom is -0.457 e. The molecule has 0 spiro atoms. The molecule has 0 aliphatic carbocycles. The summed E-state index contributed by atoms with van der Waals surface area (Å²) in [7, 11) is -4.28. The average Bonchev–Trinajstić information content (AvgIpc) is 3.15. The maximum absolute atomic E-state index is 12.6. The summed E-state index contributed by atoms with van der Waals surface area (Å²) in [5.74, 6) is -0.340. The average molecular weight is 772 g/mol. The number of unbranched alkanes of at least 4 members (excludes halogenated alkanes) is 26. The lowest BCUT2D eigenvalue weighted by Crippen LogP contribution is -2.28. The third-order valence-corrected chi connectivity index (χ3v) is 10.6.